The van der Waals surface area contributed by atoms with Crippen LogP contribution in [0.3, 0.4) is 0 Å². The molecule has 0 radical (unpaired) electrons. The molecule has 0 aromatic carbocycles. The summed E-state index contributed by atoms with van der Waals surface area (Å²) >= 11 is 5.20. The molecule has 2 aromatic heterocycles. The van der Waals surface area contributed by atoms with E-state index in [1.54, 1.807) is 11.3 Å². The molecule has 0 bridgehead atoms. The summed E-state index contributed by atoms with van der Waals surface area (Å²) < 4.78 is 1.11. The van der Waals surface area contributed by atoms with Gasteiger partial charge in [-0.05, 0) is 48.0 Å². The van der Waals surface area contributed by atoms with Crippen molar-refractivity contribution in [2.75, 3.05) is 13.1 Å². The standard InChI is InChI=1S/C13H14BrN3S/c1-8-4-11(12-5-10(14)7-18-12)17-13(16-8)9-2-3-15-6-9/h4-5,7,9,15H,2-3,6H2,1H3. The van der Waals surface area contributed by atoms with Crippen LogP contribution < -0.4 is 5.32 Å². The molecule has 3 nitrogen and oxygen atoms in total. The largest absolute Gasteiger partial charge is 0.316 e. The van der Waals surface area contributed by atoms with Crippen molar-refractivity contribution in [2.24, 2.45) is 0 Å². The van der Waals surface area contributed by atoms with E-state index < -0.39 is 0 Å². The normalized spacial score (nSPS) is 19.3. The molecule has 0 saturated carbocycles. The van der Waals surface area contributed by atoms with E-state index in [-0.39, 0.29) is 0 Å². The lowest BCUT2D eigenvalue weighted by Gasteiger charge is -2.09. The van der Waals surface area contributed by atoms with E-state index in [0.29, 0.717) is 5.92 Å². The Morgan fingerprint density at radius 2 is 2.28 bits per heavy atom. The summed E-state index contributed by atoms with van der Waals surface area (Å²) in [6.45, 7) is 4.11. The van der Waals surface area contributed by atoms with E-state index in [9.17, 15) is 0 Å². The molecule has 1 unspecified atom stereocenters. The molecule has 0 spiro atoms. The zero-order valence-electron chi connectivity index (χ0n) is 10.1. The molecule has 18 heavy (non-hydrogen) atoms. The number of aryl methyl sites for hydroxylation is 1. The molecule has 2 aromatic rings. The SMILES string of the molecule is Cc1cc(-c2cc(Br)cs2)nc(C2CCNC2)n1. The van der Waals surface area contributed by atoms with E-state index >= 15 is 0 Å². The molecule has 5 heteroatoms. The molecular weight excluding hydrogens is 310 g/mol. The molecule has 1 aliphatic heterocycles. The minimum atomic E-state index is 0.465. The molecule has 1 aliphatic rings. The third kappa shape index (κ3) is 2.48. The van der Waals surface area contributed by atoms with Crippen LogP contribution in [-0.4, -0.2) is 23.1 Å². The van der Waals surface area contributed by atoms with Crippen molar-refractivity contribution in [1.82, 2.24) is 15.3 Å². The van der Waals surface area contributed by atoms with E-state index in [4.69, 9.17) is 4.98 Å². The van der Waals surface area contributed by atoms with Gasteiger partial charge in [0.2, 0.25) is 0 Å². The Bertz CT molecular complexity index is 561. The lowest BCUT2D eigenvalue weighted by molar-refractivity contribution is 0.698. The fourth-order valence-electron chi connectivity index (χ4n) is 2.22. The van der Waals surface area contributed by atoms with Gasteiger partial charge in [-0.15, -0.1) is 11.3 Å². The highest BCUT2D eigenvalue weighted by molar-refractivity contribution is 9.10. The maximum atomic E-state index is 4.74. The predicted octanol–water partition coefficient (Wildman–Crippen LogP) is 3.35. The van der Waals surface area contributed by atoms with Crippen LogP contribution >= 0.6 is 27.3 Å². The van der Waals surface area contributed by atoms with Crippen LogP contribution in [0.1, 0.15) is 23.9 Å². The van der Waals surface area contributed by atoms with E-state index in [0.717, 1.165) is 41.2 Å². The van der Waals surface area contributed by atoms with E-state index in [1.165, 1.54) is 4.88 Å². The number of nitrogens with zero attached hydrogens (tertiary/aromatic N) is 2. The fourth-order valence-corrected chi connectivity index (χ4v) is 3.61. The molecule has 1 saturated heterocycles. The highest BCUT2D eigenvalue weighted by Crippen LogP contribution is 2.30. The topological polar surface area (TPSA) is 37.8 Å². The van der Waals surface area contributed by atoms with Crippen LogP contribution in [-0.2, 0) is 0 Å². The van der Waals surface area contributed by atoms with E-state index in [2.05, 4.69) is 43.7 Å². The minimum absolute atomic E-state index is 0.465. The van der Waals surface area contributed by atoms with Gasteiger partial charge >= 0.3 is 0 Å². The Balaban J connectivity index is 1.99. The number of hydrogen-bond acceptors (Lipinski definition) is 4. The van der Waals surface area contributed by atoms with Gasteiger partial charge in [-0.1, -0.05) is 0 Å². The fraction of sp³-hybridized carbons (Fsp3) is 0.385. The lowest BCUT2D eigenvalue weighted by Crippen LogP contribution is -2.11. The van der Waals surface area contributed by atoms with Crippen LogP contribution in [0.25, 0.3) is 10.6 Å². The Morgan fingerprint density at radius 3 is 2.94 bits per heavy atom. The average Bonchev–Trinajstić information content (AvgIpc) is 2.98. The first-order valence-electron chi connectivity index (χ1n) is 6.03. The maximum Gasteiger partial charge on any atom is 0.133 e. The van der Waals surface area contributed by atoms with Gasteiger partial charge in [-0.2, -0.15) is 0 Å². The smallest absolute Gasteiger partial charge is 0.133 e. The van der Waals surface area contributed by atoms with Crippen LogP contribution in [0.15, 0.2) is 22.0 Å². The molecular formula is C13H14BrN3S. The summed E-state index contributed by atoms with van der Waals surface area (Å²) in [7, 11) is 0. The monoisotopic (exact) mass is 323 g/mol. The molecule has 0 amide bonds. The summed E-state index contributed by atoms with van der Waals surface area (Å²) in [5.41, 5.74) is 2.09. The van der Waals surface area contributed by atoms with Gasteiger partial charge in [0.25, 0.3) is 0 Å². The number of thiophene rings is 1. The number of hydrogen-bond donors (Lipinski definition) is 1. The van der Waals surface area contributed by atoms with Gasteiger partial charge in [0, 0.05) is 28.0 Å². The van der Waals surface area contributed by atoms with E-state index in [1.807, 2.05) is 6.92 Å². The summed E-state index contributed by atoms with van der Waals surface area (Å²) in [6.07, 6.45) is 1.14. The number of halogens is 1. The summed E-state index contributed by atoms with van der Waals surface area (Å²) in [6, 6.07) is 4.17. The van der Waals surface area contributed by atoms with Crippen molar-refractivity contribution in [2.45, 2.75) is 19.3 Å². The second-order valence-electron chi connectivity index (χ2n) is 4.57. The van der Waals surface area contributed by atoms with Crippen LogP contribution in [0.5, 0.6) is 0 Å². The Labute approximate surface area is 119 Å². The third-order valence-electron chi connectivity index (χ3n) is 3.12. The van der Waals surface area contributed by atoms with Gasteiger partial charge in [-0.25, -0.2) is 9.97 Å². The number of rotatable bonds is 2. The number of aromatic nitrogens is 2. The van der Waals surface area contributed by atoms with Crippen molar-refractivity contribution in [1.29, 1.82) is 0 Å². The number of nitrogens with one attached hydrogen (secondary N) is 1. The van der Waals surface area contributed by atoms with Crippen molar-refractivity contribution in [3.8, 4) is 10.6 Å². The molecule has 1 atom stereocenters. The maximum absolute atomic E-state index is 4.74. The van der Waals surface area contributed by atoms with Crippen molar-refractivity contribution in [3.63, 3.8) is 0 Å². The van der Waals surface area contributed by atoms with Gasteiger partial charge in [0.15, 0.2) is 0 Å². The van der Waals surface area contributed by atoms with Crippen molar-refractivity contribution in [3.05, 3.63) is 33.5 Å². The molecule has 94 valence electrons. The Hall–Kier alpha value is -0.780. The van der Waals surface area contributed by atoms with Gasteiger partial charge in [-0.3, -0.25) is 0 Å². The summed E-state index contributed by atoms with van der Waals surface area (Å²) in [5.74, 6) is 1.45. The Morgan fingerprint density at radius 1 is 1.39 bits per heavy atom. The second kappa shape index (κ2) is 5.07. The zero-order chi connectivity index (χ0) is 12.5. The van der Waals surface area contributed by atoms with Crippen molar-refractivity contribution < 1.29 is 0 Å². The van der Waals surface area contributed by atoms with Gasteiger partial charge in [0.1, 0.15) is 5.82 Å². The van der Waals surface area contributed by atoms with Crippen LogP contribution in [0, 0.1) is 6.92 Å². The lowest BCUT2D eigenvalue weighted by atomic mass is 10.1. The third-order valence-corrected chi connectivity index (χ3v) is 4.83. The molecule has 3 rings (SSSR count). The van der Waals surface area contributed by atoms with Gasteiger partial charge in [0.05, 0.1) is 10.6 Å². The quantitative estimate of drug-likeness (QED) is 0.920. The van der Waals surface area contributed by atoms with Crippen LogP contribution in [0.4, 0.5) is 0 Å². The molecule has 3 heterocycles. The summed E-state index contributed by atoms with van der Waals surface area (Å²) in [5, 5.41) is 5.46. The first kappa shape index (κ1) is 12.3. The van der Waals surface area contributed by atoms with Crippen LogP contribution in [0.2, 0.25) is 0 Å². The highest BCUT2D eigenvalue weighted by atomic mass is 79.9. The second-order valence-corrected chi connectivity index (χ2v) is 6.40. The highest BCUT2D eigenvalue weighted by Gasteiger charge is 2.20. The van der Waals surface area contributed by atoms with Gasteiger partial charge < -0.3 is 5.32 Å². The molecule has 1 N–H and O–H groups in total. The summed E-state index contributed by atoms with van der Waals surface area (Å²) in [4.78, 5) is 10.5. The zero-order valence-corrected chi connectivity index (χ0v) is 12.5. The molecule has 0 aliphatic carbocycles. The Kier molecular flexibility index (Phi) is 3.46. The first-order valence-corrected chi connectivity index (χ1v) is 7.70. The first-order chi connectivity index (χ1) is 8.72. The predicted molar refractivity (Wildman–Crippen MR) is 78.0 cm³/mol. The average molecular weight is 324 g/mol. The van der Waals surface area contributed by atoms with Crippen molar-refractivity contribution >= 4 is 27.3 Å². The minimum Gasteiger partial charge on any atom is -0.316 e. The molecule has 1 fully saturated rings.